The number of hydrogen-bond donors (Lipinski definition) is 1. The van der Waals surface area contributed by atoms with Crippen LogP contribution in [0, 0.1) is 5.92 Å². The lowest BCUT2D eigenvalue weighted by Gasteiger charge is -2.09. The van der Waals surface area contributed by atoms with E-state index in [2.05, 4.69) is 29.2 Å². The third-order valence-corrected chi connectivity index (χ3v) is 4.11. The van der Waals surface area contributed by atoms with Gasteiger partial charge in [0.05, 0.1) is 19.4 Å². The van der Waals surface area contributed by atoms with E-state index in [4.69, 9.17) is 14.2 Å². The molecule has 8 heteroatoms. The van der Waals surface area contributed by atoms with Crippen molar-refractivity contribution in [2.24, 2.45) is 5.92 Å². The maximum atomic E-state index is 11.9. The molecule has 1 aromatic heterocycles. The standard InChI is InChI=1S/C22H26N4O4/c1-15(2)13-30-22-24-21(16-7-5-10-19(11-16)29-4)26(25-22)18-9-6-8-17(12-18)23-20(27)14-28-3/h5-12,15H,13-14H2,1-4H3,(H,23,27). The van der Waals surface area contributed by atoms with Crippen molar-refractivity contribution in [3.05, 3.63) is 48.5 Å². The number of hydrogen-bond acceptors (Lipinski definition) is 6. The molecule has 3 aromatic rings. The van der Waals surface area contributed by atoms with Gasteiger partial charge in [0.1, 0.15) is 12.4 Å². The third-order valence-electron chi connectivity index (χ3n) is 4.11. The number of benzene rings is 2. The van der Waals surface area contributed by atoms with Gasteiger partial charge in [0.15, 0.2) is 5.82 Å². The van der Waals surface area contributed by atoms with Crippen LogP contribution in [0.1, 0.15) is 13.8 Å². The predicted molar refractivity (Wildman–Crippen MR) is 114 cm³/mol. The van der Waals surface area contributed by atoms with Gasteiger partial charge in [-0.1, -0.05) is 32.0 Å². The van der Waals surface area contributed by atoms with Gasteiger partial charge in [-0.2, -0.15) is 4.98 Å². The number of nitrogens with zero attached hydrogens (tertiary/aromatic N) is 3. The number of anilines is 1. The summed E-state index contributed by atoms with van der Waals surface area (Å²) in [6.45, 7) is 4.61. The van der Waals surface area contributed by atoms with Crippen LogP contribution in [-0.4, -0.2) is 48.1 Å². The van der Waals surface area contributed by atoms with E-state index in [9.17, 15) is 4.79 Å². The number of rotatable bonds is 9. The van der Waals surface area contributed by atoms with Crippen LogP contribution >= 0.6 is 0 Å². The molecule has 0 aliphatic heterocycles. The molecule has 30 heavy (non-hydrogen) atoms. The Hall–Kier alpha value is -3.39. The number of nitrogens with one attached hydrogen (secondary N) is 1. The molecular formula is C22H26N4O4. The molecule has 3 rings (SSSR count). The zero-order valence-electron chi connectivity index (χ0n) is 17.6. The molecule has 0 unspecified atom stereocenters. The Morgan fingerprint density at radius 2 is 1.93 bits per heavy atom. The van der Waals surface area contributed by atoms with E-state index in [0.29, 0.717) is 29.8 Å². The maximum absolute atomic E-state index is 11.9. The predicted octanol–water partition coefficient (Wildman–Crippen LogP) is 3.56. The van der Waals surface area contributed by atoms with Crippen molar-refractivity contribution in [2.75, 3.05) is 32.8 Å². The number of aromatic nitrogens is 3. The fourth-order valence-corrected chi connectivity index (χ4v) is 2.77. The minimum atomic E-state index is -0.234. The molecule has 0 radical (unpaired) electrons. The minimum absolute atomic E-state index is 0.0181. The van der Waals surface area contributed by atoms with E-state index in [-0.39, 0.29) is 18.5 Å². The van der Waals surface area contributed by atoms with Crippen LogP contribution in [0.2, 0.25) is 0 Å². The summed E-state index contributed by atoms with van der Waals surface area (Å²) in [4.78, 5) is 16.5. The van der Waals surface area contributed by atoms with E-state index >= 15 is 0 Å². The van der Waals surface area contributed by atoms with Gasteiger partial charge < -0.3 is 19.5 Å². The quantitative estimate of drug-likeness (QED) is 0.580. The van der Waals surface area contributed by atoms with Gasteiger partial charge in [-0.15, -0.1) is 5.10 Å². The monoisotopic (exact) mass is 410 g/mol. The van der Waals surface area contributed by atoms with Crippen molar-refractivity contribution in [2.45, 2.75) is 13.8 Å². The minimum Gasteiger partial charge on any atom is -0.497 e. The Balaban J connectivity index is 2.01. The SMILES string of the molecule is COCC(=O)Nc1cccc(-n2nc(OCC(C)C)nc2-c2cccc(OC)c2)c1. The number of amides is 1. The van der Waals surface area contributed by atoms with Gasteiger partial charge in [-0.3, -0.25) is 4.79 Å². The number of carbonyl (C=O) groups is 1. The molecule has 158 valence electrons. The van der Waals surface area contributed by atoms with Crippen LogP contribution in [0.3, 0.4) is 0 Å². The first-order chi connectivity index (χ1) is 14.5. The van der Waals surface area contributed by atoms with Crippen molar-refractivity contribution in [1.82, 2.24) is 14.8 Å². The van der Waals surface area contributed by atoms with E-state index in [1.165, 1.54) is 7.11 Å². The van der Waals surface area contributed by atoms with Crippen LogP contribution in [0.15, 0.2) is 48.5 Å². The maximum Gasteiger partial charge on any atom is 0.336 e. The Morgan fingerprint density at radius 3 is 2.67 bits per heavy atom. The molecule has 0 aliphatic rings. The van der Waals surface area contributed by atoms with Gasteiger partial charge in [0, 0.05) is 18.4 Å². The molecule has 2 aromatic carbocycles. The van der Waals surface area contributed by atoms with Gasteiger partial charge in [0.2, 0.25) is 5.91 Å². The highest BCUT2D eigenvalue weighted by Gasteiger charge is 2.16. The topological polar surface area (TPSA) is 87.5 Å². The summed E-state index contributed by atoms with van der Waals surface area (Å²) in [6.07, 6.45) is 0. The van der Waals surface area contributed by atoms with Gasteiger partial charge >= 0.3 is 6.01 Å². The lowest BCUT2D eigenvalue weighted by molar-refractivity contribution is -0.119. The molecule has 0 aliphatic carbocycles. The van der Waals surface area contributed by atoms with E-state index < -0.39 is 0 Å². The van der Waals surface area contributed by atoms with E-state index in [1.807, 2.05) is 42.5 Å². The number of carbonyl (C=O) groups excluding carboxylic acids is 1. The Morgan fingerprint density at radius 1 is 1.13 bits per heavy atom. The summed E-state index contributed by atoms with van der Waals surface area (Å²) in [7, 11) is 3.09. The summed E-state index contributed by atoms with van der Waals surface area (Å²) in [6, 6.07) is 15.2. The fourth-order valence-electron chi connectivity index (χ4n) is 2.77. The van der Waals surface area contributed by atoms with Crippen molar-refractivity contribution in [1.29, 1.82) is 0 Å². The Labute approximate surface area is 175 Å². The molecular weight excluding hydrogens is 384 g/mol. The number of ether oxygens (including phenoxy) is 3. The Kier molecular flexibility index (Phi) is 7.03. The molecule has 0 fully saturated rings. The molecule has 0 bridgehead atoms. The van der Waals surface area contributed by atoms with Gasteiger partial charge in [0.25, 0.3) is 0 Å². The van der Waals surface area contributed by atoms with Crippen LogP contribution in [-0.2, 0) is 9.53 Å². The molecule has 8 nitrogen and oxygen atoms in total. The van der Waals surface area contributed by atoms with Crippen molar-refractivity contribution in [3.8, 4) is 28.8 Å². The first-order valence-corrected chi connectivity index (χ1v) is 9.63. The summed E-state index contributed by atoms with van der Waals surface area (Å²) in [5.41, 5.74) is 2.19. The second kappa shape index (κ2) is 9.89. The molecule has 1 heterocycles. The molecule has 1 N–H and O–H groups in total. The molecule has 0 atom stereocenters. The normalized spacial score (nSPS) is 10.8. The highest BCUT2D eigenvalue weighted by molar-refractivity contribution is 5.91. The summed E-state index contributed by atoms with van der Waals surface area (Å²) < 4.78 is 17.7. The number of methoxy groups -OCH3 is 2. The largest absolute Gasteiger partial charge is 0.497 e. The third kappa shape index (κ3) is 5.36. The summed E-state index contributed by atoms with van der Waals surface area (Å²) >= 11 is 0. The fraction of sp³-hybridized carbons (Fsp3) is 0.318. The smallest absolute Gasteiger partial charge is 0.336 e. The lowest BCUT2D eigenvalue weighted by Crippen LogP contribution is -2.17. The lowest BCUT2D eigenvalue weighted by atomic mass is 10.2. The van der Waals surface area contributed by atoms with Crippen LogP contribution < -0.4 is 14.8 Å². The zero-order chi connectivity index (χ0) is 21.5. The van der Waals surface area contributed by atoms with Crippen molar-refractivity contribution < 1.29 is 19.0 Å². The van der Waals surface area contributed by atoms with E-state index in [1.54, 1.807) is 17.9 Å². The Bertz CT molecular complexity index is 1000. The summed E-state index contributed by atoms with van der Waals surface area (Å²) in [5, 5.41) is 7.35. The van der Waals surface area contributed by atoms with Crippen molar-refractivity contribution >= 4 is 11.6 Å². The molecule has 0 saturated heterocycles. The average molecular weight is 410 g/mol. The molecule has 0 saturated carbocycles. The highest BCUT2D eigenvalue weighted by atomic mass is 16.5. The summed E-state index contributed by atoms with van der Waals surface area (Å²) in [5.74, 6) is 1.43. The average Bonchev–Trinajstić information content (AvgIpc) is 3.17. The van der Waals surface area contributed by atoms with Gasteiger partial charge in [-0.25, -0.2) is 4.68 Å². The van der Waals surface area contributed by atoms with Crippen LogP contribution in [0.4, 0.5) is 5.69 Å². The first-order valence-electron chi connectivity index (χ1n) is 9.63. The van der Waals surface area contributed by atoms with Crippen LogP contribution in [0.5, 0.6) is 11.8 Å². The van der Waals surface area contributed by atoms with Crippen molar-refractivity contribution in [3.63, 3.8) is 0 Å². The molecule has 1 amide bonds. The van der Waals surface area contributed by atoms with Gasteiger partial charge in [-0.05, 0) is 36.2 Å². The van der Waals surface area contributed by atoms with Crippen LogP contribution in [0.25, 0.3) is 17.1 Å². The zero-order valence-corrected chi connectivity index (χ0v) is 17.6. The second-order valence-electron chi connectivity index (χ2n) is 7.10. The van der Waals surface area contributed by atoms with E-state index in [0.717, 1.165) is 11.3 Å². The highest BCUT2D eigenvalue weighted by Crippen LogP contribution is 2.27. The molecule has 0 spiro atoms. The first kappa shape index (κ1) is 21.3. The second-order valence-corrected chi connectivity index (χ2v) is 7.10.